The van der Waals surface area contributed by atoms with E-state index in [0.717, 1.165) is 22.2 Å². The molecule has 0 saturated heterocycles. The van der Waals surface area contributed by atoms with Crippen LogP contribution < -0.4 is 14.4 Å². The van der Waals surface area contributed by atoms with Crippen molar-refractivity contribution in [2.45, 2.75) is 13.0 Å². The highest BCUT2D eigenvalue weighted by molar-refractivity contribution is 7.92. The smallest absolute Gasteiger partial charge is 0.271 e. The molecule has 0 spiro atoms. The van der Waals surface area contributed by atoms with Gasteiger partial charge in [0.25, 0.3) is 11.6 Å². The first kappa shape index (κ1) is 25.6. The van der Waals surface area contributed by atoms with E-state index in [-0.39, 0.29) is 35.4 Å². The lowest BCUT2D eigenvalue weighted by Gasteiger charge is -2.24. The molecule has 9 nitrogen and oxygen atoms in total. The van der Waals surface area contributed by atoms with Crippen LogP contribution in [-0.2, 0) is 23.0 Å². The van der Waals surface area contributed by atoms with Crippen molar-refractivity contribution in [3.63, 3.8) is 0 Å². The van der Waals surface area contributed by atoms with Gasteiger partial charge >= 0.3 is 0 Å². The third-order valence-electron chi connectivity index (χ3n) is 5.20. The molecule has 0 aromatic heterocycles. The number of nitro groups is 1. The highest BCUT2D eigenvalue weighted by Crippen LogP contribution is 2.34. The maximum atomic E-state index is 13.0. The van der Waals surface area contributed by atoms with Gasteiger partial charge in [-0.15, -0.1) is 0 Å². The number of anilines is 1. The second kappa shape index (κ2) is 11.0. The summed E-state index contributed by atoms with van der Waals surface area (Å²) < 4.78 is 44.3. The van der Waals surface area contributed by atoms with Gasteiger partial charge in [-0.3, -0.25) is 19.2 Å². The molecule has 1 N–H and O–H groups in total. The van der Waals surface area contributed by atoms with Crippen LogP contribution in [0.25, 0.3) is 0 Å². The molecule has 0 fully saturated rings. The number of methoxy groups -OCH3 is 1. The molecular formula is C24H24FN3O6S. The Bertz CT molecular complexity index is 1310. The largest absolute Gasteiger partial charge is 0.495 e. The van der Waals surface area contributed by atoms with Gasteiger partial charge in [0.1, 0.15) is 17.3 Å². The third-order valence-corrected chi connectivity index (χ3v) is 6.32. The zero-order chi connectivity index (χ0) is 25.6. The van der Waals surface area contributed by atoms with E-state index in [4.69, 9.17) is 4.74 Å². The number of hydrogen-bond acceptors (Lipinski definition) is 6. The molecule has 184 valence electrons. The van der Waals surface area contributed by atoms with Crippen LogP contribution in [-0.4, -0.2) is 39.2 Å². The lowest BCUT2D eigenvalue weighted by molar-refractivity contribution is -0.384. The second-order valence-corrected chi connectivity index (χ2v) is 9.62. The van der Waals surface area contributed by atoms with E-state index in [1.165, 1.54) is 31.4 Å². The molecule has 1 amide bonds. The first-order chi connectivity index (χ1) is 16.6. The van der Waals surface area contributed by atoms with Crippen LogP contribution in [0.4, 0.5) is 15.8 Å². The van der Waals surface area contributed by atoms with Crippen molar-refractivity contribution in [3.8, 4) is 5.75 Å². The molecule has 35 heavy (non-hydrogen) atoms. The number of ether oxygens (including phenoxy) is 1. The van der Waals surface area contributed by atoms with Gasteiger partial charge < -0.3 is 10.1 Å². The lowest BCUT2D eigenvalue weighted by atomic mass is 10.1. The Morgan fingerprint density at radius 2 is 1.69 bits per heavy atom. The minimum Gasteiger partial charge on any atom is -0.495 e. The highest BCUT2D eigenvalue weighted by atomic mass is 32.2. The standard InChI is InChI=1S/C24H24FN3O6S/c1-34-23-12-11-21(28(30)31)15-22(23)27(35(2,32)33)16-18-3-7-19(8-4-18)24(29)26-14-13-17-5-9-20(25)10-6-17/h3-12,15H,13-14,16H2,1-2H3,(H,26,29). The van der Waals surface area contributed by atoms with Crippen LogP contribution >= 0.6 is 0 Å². The topological polar surface area (TPSA) is 119 Å². The number of nitrogens with one attached hydrogen (secondary N) is 1. The first-order valence-electron chi connectivity index (χ1n) is 10.5. The highest BCUT2D eigenvalue weighted by Gasteiger charge is 2.24. The normalized spacial score (nSPS) is 11.1. The SMILES string of the molecule is COc1ccc([N+](=O)[O-])cc1N(Cc1ccc(C(=O)NCCc2ccc(F)cc2)cc1)S(C)(=O)=O. The number of amides is 1. The Morgan fingerprint density at radius 1 is 1.06 bits per heavy atom. The quantitative estimate of drug-likeness (QED) is 0.334. The van der Waals surface area contributed by atoms with E-state index in [1.54, 1.807) is 36.4 Å². The Hall–Kier alpha value is -3.99. The van der Waals surface area contributed by atoms with Gasteiger partial charge in [0.05, 0.1) is 24.8 Å². The fraction of sp³-hybridized carbons (Fsp3) is 0.208. The van der Waals surface area contributed by atoms with Crippen LogP contribution in [0.3, 0.4) is 0 Å². The number of halogens is 1. The minimum atomic E-state index is -3.83. The third kappa shape index (κ3) is 6.76. The summed E-state index contributed by atoms with van der Waals surface area (Å²) in [4.78, 5) is 23.0. The van der Waals surface area contributed by atoms with Crippen molar-refractivity contribution >= 4 is 27.3 Å². The number of carbonyl (C=O) groups excluding carboxylic acids is 1. The number of sulfonamides is 1. The van der Waals surface area contributed by atoms with E-state index in [1.807, 2.05) is 0 Å². The van der Waals surface area contributed by atoms with E-state index in [9.17, 15) is 27.7 Å². The Kier molecular flexibility index (Phi) is 8.02. The van der Waals surface area contributed by atoms with E-state index >= 15 is 0 Å². The van der Waals surface area contributed by atoms with Crippen LogP contribution in [0, 0.1) is 15.9 Å². The molecule has 0 aliphatic heterocycles. The van der Waals surface area contributed by atoms with E-state index < -0.39 is 14.9 Å². The second-order valence-electron chi connectivity index (χ2n) is 7.71. The fourth-order valence-corrected chi connectivity index (χ4v) is 4.25. The number of benzene rings is 3. The molecule has 3 aromatic carbocycles. The van der Waals surface area contributed by atoms with Crippen molar-refractivity contribution in [2.75, 3.05) is 24.2 Å². The summed E-state index contributed by atoms with van der Waals surface area (Å²) in [5.74, 6) is -0.464. The molecule has 3 rings (SSSR count). The molecule has 0 saturated carbocycles. The Morgan fingerprint density at radius 3 is 2.26 bits per heavy atom. The first-order valence-corrected chi connectivity index (χ1v) is 12.3. The van der Waals surface area contributed by atoms with Crippen molar-refractivity contribution in [3.05, 3.63) is 99.4 Å². The number of nitrogens with zero attached hydrogens (tertiary/aromatic N) is 2. The molecule has 0 aliphatic rings. The van der Waals surface area contributed by atoms with Crippen molar-refractivity contribution < 1.29 is 27.3 Å². The summed E-state index contributed by atoms with van der Waals surface area (Å²) in [5, 5.41) is 14.0. The Balaban J connectivity index is 1.73. The van der Waals surface area contributed by atoms with Gasteiger partial charge in [-0.1, -0.05) is 24.3 Å². The van der Waals surface area contributed by atoms with Gasteiger partial charge in [-0.2, -0.15) is 0 Å². The summed E-state index contributed by atoms with van der Waals surface area (Å²) in [6.07, 6.45) is 1.53. The molecule has 3 aromatic rings. The summed E-state index contributed by atoms with van der Waals surface area (Å²) >= 11 is 0. The molecule has 0 atom stereocenters. The summed E-state index contributed by atoms with van der Waals surface area (Å²) in [7, 11) is -2.49. The minimum absolute atomic E-state index is 0.0341. The van der Waals surface area contributed by atoms with Crippen molar-refractivity contribution in [1.29, 1.82) is 0 Å². The number of carbonyl (C=O) groups is 1. The fourth-order valence-electron chi connectivity index (χ4n) is 3.37. The maximum Gasteiger partial charge on any atom is 0.271 e. The number of rotatable bonds is 10. The molecular weight excluding hydrogens is 477 g/mol. The monoisotopic (exact) mass is 501 g/mol. The summed E-state index contributed by atoms with van der Waals surface area (Å²) in [6.45, 7) is 0.240. The maximum absolute atomic E-state index is 13.0. The molecule has 11 heteroatoms. The van der Waals surface area contributed by atoms with Crippen LogP contribution in [0.2, 0.25) is 0 Å². The lowest BCUT2D eigenvalue weighted by Crippen LogP contribution is -2.30. The van der Waals surface area contributed by atoms with Crippen molar-refractivity contribution in [2.24, 2.45) is 0 Å². The van der Waals surface area contributed by atoms with E-state index in [2.05, 4.69) is 5.32 Å². The van der Waals surface area contributed by atoms with Crippen LogP contribution in [0.5, 0.6) is 5.75 Å². The molecule has 0 bridgehead atoms. The molecule has 0 unspecified atom stereocenters. The number of hydrogen-bond donors (Lipinski definition) is 1. The molecule has 0 aliphatic carbocycles. The zero-order valence-electron chi connectivity index (χ0n) is 19.1. The van der Waals surface area contributed by atoms with Crippen LogP contribution in [0.1, 0.15) is 21.5 Å². The van der Waals surface area contributed by atoms with Crippen LogP contribution in [0.15, 0.2) is 66.7 Å². The average molecular weight is 502 g/mol. The van der Waals surface area contributed by atoms with E-state index in [0.29, 0.717) is 24.1 Å². The molecule has 0 heterocycles. The van der Waals surface area contributed by atoms with Gasteiger partial charge in [0, 0.05) is 24.2 Å². The van der Waals surface area contributed by atoms with Gasteiger partial charge in [0.2, 0.25) is 10.0 Å². The molecule has 0 radical (unpaired) electrons. The summed E-state index contributed by atoms with van der Waals surface area (Å²) in [5.41, 5.74) is 1.59. The number of nitro benzene ring substituents is 1. The van der Waals surface area contributed by atoms with Crippen molar-refractivity contribution in [1.82, 2.24) is 5.32 Å². The predicted molar refractivity (Wildman–Crippen MR) is 130 cm³/mol. The van der Waals surface area contributed by atoms with Gasteiger partial charge in [-0.05, 0) is 47.9 Å². The predicted octanol–water partition coefficient (Wildman–Crippen LogP) is 3.68. The van der Waals surface area contributed by atoms with Gasteiger partial charge in [-0.25, -0.2) is 12.8 Å². The zero-order valence-corrected chi connectivity index (χ0v) is 19.9. The summed E-state index contributed by atoms with van der Waals surface area (Å²) in [6, 6.07) is 16.1. The Labute approximate surface area is 202 Å². The average Bonchev–Trinajstić information content (AvgIpc) is 2.83. The van der Waals surface area contributed by atoms with Gasteiger partial charge in [0.15, 0.2) is 0 Å². The number of non-ortho nitro benzene ring substituents is 1.